The fraction of sp³-hybridized carbons (Fsp3) is 0.211. The predicted molar refractivity (Wildman–Crippen MR) is 95.1 cm³/mol. The third-order valence-electron chi connectivity index (χ3n) is 3.94. The second-order valence-corrected chi connectivity index (χ2v) is 5.68. The van der Waals surface area contributed by atoms with E-state index in [0.29, 0.717) is 18.1 Å². The monoisotopic (exact) mass is 336 g/mol. The summed E-state index contributed by atoms with van der Waals surface area (Å²) in [5, 5.41) is 7.06. The zero-order valence-electron chi connectivity index (χ0n) is 14.2. The first-order valence-corrected chi connectivity index (χ1v) is 8.07. The van der Waals surface area contributed by atoms with E-state index in [1.54, 1.807) is 42.4 Å². The summed E-state index contributed by atoms with van der Waals surface area (Å²) < 4.78 is 7.00. The van der Waals surface area contributed by atoms with E-state index < -0.39 is 0 Å². The van der Waals surface area contributed by atoms with E-state index in [-0.39, 0.29) is 11.8 Å². The van der Waals surface area contributed by atoms with Crippen molar-refractivity contribution in [1.82, 2.24) is 20.1 Å². The summed E-state index contributed by atoms with van der Waals surface area (Å²) >= 11 is 0. The SMILES string of the molecule is COc1ccccc1[C@@H](C)CNC(=O)c1cccc(-n2cccn2)n1. The van der Waals surface area contributed by atoms with Gasteiger partial charge in [-0.15, -0.1) is 0 Å². The molecule has 6 heteroatoms. The van der Waals surface area contributed by atoms with Gasteiger partial charge in [-0.25, -0.2) is 9.67 Å². The van der Waals surface area contributed by atoms with Crippen LogP contribution in [0.4, 0.5) is 0 Å². The van der Waals surface area contributed by atoms with Crippen molar-refractivity contribution in [2.75, 3.05) is 13.7 Å². The molecule has 6 nitrogen and oxygen atoms in total. The van der Waals surface area contributed by atoms with Crippen LogP contribution in [0.15, 0.2) is 60.9 Å². The zero-order valence-corrected chi connectivity index (χ0v) is 14.2. The molecule has 0 aliphatic carbocycles. The van der Waals surface area contributed by atoms with E-state index in [1.807, 2.05) is 37.3 Å². The van der Waals surface area contributed by atoms with Gasteiger partial charge in [0.2, 0.25) is 0 Å². The summed E-state index contributed by atoms with van der Waals surface area (Å²) in [6.07, 6.45) is 3.46. The molecule has 1 N–H and O–H groups in total. The molecule has 2 aromatic heterocycles. The van der Waals surface area contributed by atoms with Gasteiger partial charge >= 0.3 is 0 Å². The molecule has 0 fully saturated rings. The average molecular weight is 336 g/mol. The van der Waals surface area contributed by atoms with Crippen molar-refractivity contribution in [3.05, 3.63) is 72.2 Å². The molecule has 0 bridgehead atoms. The highest BCUT2D eigenvalue weighted by atomic mass is 16.5. The Balaban J connectivity index is 1.67. The Hall–Kier alpha value is -3.15. The number of methoxy groups -OCH3 is 1. The maximum Gasteiger partial charge on any atom is 0.269 e. The van der Waals surface area contributed by atoms with Crippen LogP contribution in [-0.4, -0.2) is 34.3 Å². The molecule has 0 saturated heterocycles. The Morgan fingerprint density at radius 2 is 2.04 bits per heavy atom. The fourth-order valence-electron chi connectivity index (χ4n) is 2.60. The van der Waals surface area contributed by atoms with Crippen LogP contribution in [0.2, 0.25) is 0 Å². The number of nitrogens with zero attached hydrogens (tertiary/aromatic N) is 3. The molecule has 3 aromatic rings. The lowest BCUT2D eigenvalue weighted by Crippen LogP contribution is -2.28. The molecular formula is C19H20N4O2. The number of aromatic nitrogens is 3. The van der Waals surface area contributed by atoms with E-state index in [0.717, 1.165) is 11.3 Å². The molecule has 3 rings (SSSR count). The van der Waals surface area contributed by atoms with Gasteiger partial charge in [0.1, 0.15) is 11.4 Å². The maximum absolute atomic E-state index is 12.4. The van der Waals surface area contributed by atoms with Crippen LogP contribution in [0.3, 0.4) is 0 Å². The van der Waals surface area contributed by atoms with Crippen LogP contribution in [0.1, 0.15) is 28.9 Å². The fourth-order valence-corrected chi connectivity index (χ4v) is 2.60. The lowest BCUT2D eigenvalue weighted by Gasteiger charge is -2.16. The van der Waals surface area contributed by atoms with Crippen molar-refractivity contribution < 1.29 is 9.53 Å². The molecule has 0 spiro atoms. The van der Waals surface area contributed by atoms with Gasteiger partial charge in [0.15, 0.2) is 5.82 Å². The summed E-state index contributed by atoms with van der Waals surface area (Å²) in [5.74, 6) is 1.34. The Kier molecular flexibility index (Phi) is 5.09. The number of pyridine rings is 1. The summed E-state index contributed by atoms with van der Waals surface area (Å²) in [4.78, 5) is 16.8. The second-order valence-electron chi connectivity index (χ2n) is 5.68. The Bertz CT molecular complexity index is 846. The van der Waals surface area contributed by atoms with Gasteiger partial charge in [0.25, 0.3) is 5.91 Å². The number of rotatable bonds is 6. The van der Waals surface area contributed by atoms with Gasteiger partial charge in [-0.3, -0.25) is 4.79 Å². The molecule has 0 aliphatic rings. The van der Waals surface area contributed by atoms with Crippen molar-refractivity contribution in [3.8, 4) is 11.6 Å². The normalized spacial score (nSPS) is 11.8. The number of hydrogen-bond donors (Lipinski definition) is 1. The number of hydrogen-bond acceptors (Lipinski definition) is 4. The minimum atomic E-state index is -0.212. The molecule has 0 radical (unpaired) electrons. The number of ether oxygens (including phenoxy) is 1. The largest absolute Gasteiger partial charge is 0.496 e. The van der Waals surface area contributed by atoms with Crippen LogP contribution in [0.25, 0.3) is 5.82 Å². The van der Waals surface area contributed by atoms with Crippen molar-refractivity contribution >= 4 is 5.91 Å². The van der Waals surface area contributed by atoms with Crippen LogP contribution in [0.5, 0.6) is 5.75 Å². The highest BCUT2D eigenvalue weighted by molar-refractivity contribution is 5.92. The van der Waals surface area contributed by atoms with E-state index in [4.69, 9.17) is 4.74 Å². The average Bonchev–Trinajstić information content (AvgIpc) is 3.20. The summed E-state index contributed by atoms with van der Waals surface area (Å²) in [7, 11) is 1.65. The molecule has 25 heavy (non-hydrogen) atoms. The number of carbonyl (C=O) groups is 1. The van der Waals surface area contributed by atoms with Gasteiger partial charge in [0.05, 0.1) is 7.11 Å². The molecule has 0 aliphatic heterocycles. The first-order valence-electron chi connectivity index (χ1n) is 8.07. The topological polar surface area (TPSA) is 69.0 Å². The quantitative estimate of drug-likeness (QED) is 0.751. The molecule has 1 atom stereocenters. The lowest BCUT2D eigenvalue weighted by atomic mass is 10.00. The smallest absolute Gasteiger partial charge is 0.269 e. The highest BCUT2D eigenvalue weighted by Crippen LogP contribution is 2.25. The standard InChI is InChI=1S/C19H20N4O2/c1-14(15-7-3-4-9-17(15)25-2)13-20-19(24)16-8-5-10-18(22-16)23-12-6-11-21-23/h3-12,14H,13H2,1-2H3,(H,20,24)/t14-/m0/s1. The van der Waals surface area contributed by atoms with Crippen molar-refractivity contribution in [2.45, 2.75) is 12.8 Å². The Labute approximate surface area is 146 Å². The summed E-state index contributed by atoms with van der Waals surface area (Å²) in [6.45, 7) is 2.54. The van der Waals surface area contributed by atoms with Crippen LogP contribution in [-0.2, 0) is 0 Å². The van der Waals surface area contributed by atoms with Crippen LogP contribution < -0.4 is 10.1 Å². The minimum absolute atomic E-state index is 0.120. The predicted octanol–water partition coefficient (Wildman–Crippen LogP) is 2.81. The molecular weight excluding hydrogens is 316 g/mol. The van der Waals surface area contributed by atoms with E-state index >= 15 is 0 Å². The number of para-hydroxylation sites is 1. The van der Waals surface area contributed by atoms with E-state index in [1.165, 1.54) is 0 Å². The van der Waals surface area contributed by atoms with Gasteiger partial charge in [0, 0.05) is 24.9 Å². The van der Waals surface area contributed by atoms with Crippen LogP contribution >= 0.6 is 0 Å². The number of benzene rings is 1. The Morgan fingerprint density at radius 1 is 1.20 bits per heavy atom. The van der Waals surface area contributed by atoms with Gasteiger partial charge in [-0.1, -0.05) is 31.2 Å². The minimum Gasteiger partial charge on any atom is -0.496 e. The first-order chi connectivity index (χ1) is 12.2. The number of carbonyl (C=O) groups excluding carboxylic acids is 1. The number of nitrogens with one attached hydrogen (secondary N) is 1. The van der Waals surface area contributed by atoms with Gasteiger partial charge in [-0.05, 0) is 29.8 Å². The third-order valence-corrected chi connectivity index (χ3v) is 3.94. The maximum atomic E-state index is 12.4. The molecule has 0 unspecified atom stereocenters. The first kappa shape index (κ1) is 16.7. The molecule has 2 heterocycles. The lowest BCUT2D eigenvalue weighted by molar-refractivity contribution is 0.0946. The second kappa shape index (κ2) is 7.61. The van der Waals surface area contributed by atoms with E-state index in [2.05, 4.69) is 15.4 Å². The van der Waals surface area contributed by atoms with E-state index in [9.17, 15) is 4.79 Å². The number of amides is 1. The molecule has 1 aromatic carbocycles. The Morgan fingerprint density at radius 3 is 2.80 bits per heavy atom. The summed E-state index contributed by atoms with van der Waals surface area (Å²) in [6, 6.07) is 14.9. The van der Waals surface area contributed by atoms with Crippen molar-refractivity contribution in [2.24, 2.45) is 0 Å². The van der Waals surface area contributed by atoms with Crippen LogP contribution in [0, 0.1) is 0 Å². The highest BCUT2D eigenvalue weighted by Gasteiger charge is 2.14. The molecule has 1 amide bonds. The van der Waals surface area contributed by atoms with Crippen molar-refractivity contribution in [1.29, 1.82) is 0 Å². The molecule has 0 saturated carbocycles. The van der Waals surface area contributed by atoms with Gasteiger partial charge in [-0.2, -0.15) is 5.10 Å². The van der Waals surface area contributed by atoms with Crippen molar-refractivity contribution in [3.63, 3.8) is 0 Å². The summed E-state index contributed by atoms with van der Waals surface area (Å²) in [5.41, 5.74) is 1.42. The molecule has 128 valence electrons. The van der Waals surface area contributed by atoms with Gasteiger partial charge < -0.3 is 10.1 Å². The third kappa shape index (κ3) is 3.85. The zero-order chi connectivity index (χ0) is 17.6.